The van der Waals surface area contributed by atoms with Crippen LogP contribution in [0.25, 0.3) is 0 Å². The van der Waals surface area contributed by atoms with E-state index in [1.807, 2.05) is 24.3 Å². The molecule has 2 heterocycles. The van der Waals surface area contributed by atoms with Crippen molar-refractivity contribution >= 4 is 44.0 Å². The van der Waals surface area contributed by atoms with Crippen LogP contribution in [0, 0.1) is 0 Å². The van der Waals surface area contributed by atoms with Crippen LogP contribution in [0.3, 0.4) is 0 Å². The van der Waals surface area contributed by atoms with E-state index in [0.717, 1.165) is 22.5 Å². The lowest BCUT2D eigenvalue weighted by Crippen LogP contribution is -2.36. The number of aromatic nitrogens is 2. The van der Waals surface area contributed by atoms with Gasteiger partial charge < -0.3 is 0 Å². The van der Waals surface area contributed by atoms with Crippen molar-refractivity contribution in [2.75, 3.05) is 11.9 Å². The van der Waals surface area contributed by atoms with Crippen LogP contribution in [-0.2, 0) is 23.0 Å². The number of hydrogen-bond donors (Lipinski definition) is 1. The minimum absolute atomic E-state index is 0.0266. The molecule has 0 radical (unpaired) electrons. The van der Waals surface area contributed by atoms with Gasteiger partial charge in [-0.3, -0.25) is 10.1 Å². The van der Waals surface area contributed by atoms with E-state index in [1.54, 1.807) is 0 Å². The van der Waals surface area contributed by atoms with Crippen LogP contribution in [0.1, 0.15) is 21.5 Å². The Hall–Kier alpha value is -2.33. The van der Waals surface area contributed by atoms with Gasteiger partial charge in [-0.2, -0.15) is 4.31 Å². The number of halogens is 1. The third kappa shape index (κ3) is 3.66. The first-order valence-corrected chi connectivity index (χ1v) is 11.1. The van der Waals surface area contributed by atoms with Gasteiger partial charge in [-0.25, -0.2) is 8.42 Å². The highest BCUT2D eigenvalue weighted by atomic mass is 35.5. The molecule has 0 aliphatic carbocycles. The number of anilines is 1. The fourth-order valence-electron chi connectivity index (χ4n) is 3.05. The van der Waals surface area contributed by atoms with E-state index in [0.29, 0.717) is 24.6 Å². The van der Waals surface area contributed by atoms with Gasteiger partial charge in [-0.15, -0.1) is 10.2 Å². The third-order valence-corrected chi connectivity index (χ3v) is 7.27. The number of hydrogen-bond acceptors (Lipinski definition) is 6. The van der Waals surface area contributed by atoms with Crippen molar-refractivity contribution in [2.45, 2.75) is 17.9 Å². The Balaban J connectivity index is 1.63. The number of carbonyl (C=O) groups is 1. The van der Waals surface area contributed by atoms with Gasteiger partial charge in [0.1, 0.15) is 5.51 Å². The Kier molecular flexibility index (Phi) is 5.15. The van der Waals surface area contributed by atoms with E-state index < -0.39 is 15.9 Å². The monoisotopic (exact) mass is 434 g/mol. The standard InChI is InChI=1S/C18H15ClN4O3S2/c19-16-6-5-14(9-15(16)17(24)21-18-22-20-11-27-18)28(25,26)23-8-7-12-3-1-2-4-13(12)10-23/h1-6,9,11H,7-8,10H2,(H,21,22,24). The molecule has 0 bridgehead atoms. The molecular weight excluding hydrogens is 420 g/mol. The molecule has 7 nitrogen and oxygen atoms in total. The van der Waals surface area contributed by atoms with Crippen molar-refractivity contribution in [3.05, 3.63) is 69.7 Å². The van der Waals surface area contributed by atoms with Gasteiger partial charge in [-0.05, 0) is 35.7 Å². The molecule has 4 rings (SSSR count). The molecule has 0 spiro atoms. The maximum absolute atomic E-state index is 13.1. The van der Waals surface area contributed by atoms with Crippen LogP contribution in [0.15, 0.2) is 52.9 Å². The van der Waals surface area contributed by atoms with E-state index in [9.17, 15) is 13.2 Å². The number of nitrogens with one attached hydrogen (secondary N) is 1. The molecule has 1 aliphatic heterocycles. The Labute approximate surface area is 171 Å². The molecule has 0 unspecified atom stereocenters. The Morgan fingerprint density at radius 3 is 2.71 bits per heavy atom. The zero-order chi connectivity index (χ0) is 19.7. The number of sulfonamides is 1. The van der Waals surface area contributed by atoms with Crippen molar-refractivity contribution in [1.82, 2.24) is 14.5 Å². The highest BCUT2D eigenvalue weighted by Gasteiger charge is 2.29. The van der Waals surface area contributed by atoms with Crippen LogP contribution in [0.4, 0.5) is 5.13 Å². The zero-order valence-electron chi connectivity index (χ0n) is 14.5. The summed E-state index contributed by atoms with van der Waals surface area (Å²) in [4.78, 5) is 12.5. The minimum atomic E-state index is -3.77. The number of rotatable bonds is 4. The summed E-state index contributed by atoms with van der Waals surface area (Å²) >= 11 is 7.29. The summed E-state index contributed by atoms with van der Waals surface area (Å²) in [6.45, 7) is 0.682. The van der Waals surface area contributed by atoms with Crippen molar-refractivity contribution in [3.63, 3.8) is 0 Å². The number of fused-ring (bicyclic) bond motifs is 1. The van der Waals surface area contributed by atoms with Gasteiger partial charge in [0.05, 0.1) is 15.5 Å². The highest BCUT2D eigenvalue weighted by Crippen LogP contribution is 2.28. The number of benzene rings is 2. The number of carbonyl (C=O) groups excluding carboxylic acids is 1. The Bertz CT molecular complexity index is 1130. The molecule has 0 fully saturated rings. The zero-order valence-corrected chi connectivity index (χ0v) is 16.9. The normalized spacial score (nSPS) is 14.5. The lowest BCUT2D eigenvalue weighted by molar-refractivity contribution is 0.102. The molecule has 1 aliphatic rings. The average Bonchev–Trinajstić information content (AvgIpc) is 3.20. The third-order valence-electron chi connectivity index (χ3n) is 4.50. The summed E-state index contributed by atoms with van der Waals surface area (Å²) in [5, 5.41) is 10.4. The van der Waals surface area contributed by atoms with Crippen molar-refractivity contribution in [1.29, 1.82) is 0 Å². The average molecular weight is 435 g/mol. The molecule has 1 aromatic heterocycles. The van der Waals surface area contributed by atoms with E-state index in [2.05, 4.69) is 15.5 Å². The molecule has 0 saturated heterocycles. The predicted octanol–water partition coefficient (Wildman–Crippen LogP) is 3.19. The summed E-state index contributed by atoms with van der Waals surface area (Å²) in [5.41, 5.74) is 3.69. The fraction of sp³-hybridized carbons (Fsp3) is 0.167. The molecule has 0 saturated carbocycles. The lowest BCUT2D eigenvalue weighted by atomic mass is 10.0. The number of nitrogens with zero attached hydrogens (tertiary/aromatic N) is 3. The largest absolute Gasteiger partial charge is 0.296 e. The Morgan fingerprint density at radius 1 is 1.18 bits per heavy atom. The van der Waals surface area contributed by atoms with Crippen LogP contribution < -0.4 is 5.32 Å². The molecule has 0 atom stereocenters. The summed E-state index contributed by atoms with van der Waals surface area (Å²) in [7, 11) is -3.77. The van der Waals surface area contributed by atoms with Gasteiger partial charge in [-0.1, -0.05) is 47.2 Å². The van der Waals surface area contributed by atoms with Gasteiger partial charge >= 0.3 is 0 Å². The second-order valence-corrected chi connectivity index (χ2v) is 9.38. The lowest BCUT2D eigenvalue weighted by Gasteiger charge is -2.28. The highest BCUT2D eigenvalue weighted by molar-refractivity contribution is 7.89. The molecule has 2 aromatic carbocycles. The van der Waals surface area contributed by atoms with E-state index in [4.69, 9.17) is 11.6 Å². The molecular formula is C18H15ClN4O3S2. The van der Waals surface area contributed by atoms with Gasteiger partial charge in [0.2, 0.25) is 15.2 Å². The van der Waals surface area contributed by atoms with Crippen molar-refractivity contribution in [3.8, 4) is 0 Å². The minimum Gasteiger partial charge on any atom is -0.296 e. The molecule has 1 amide bonds. The summed E-state index contributed by atoms with van der Waals surface area (Å²) in [6.07, 6.45) is 0.646. The molecule has 144 valence electrons. The second-order valence-electron chi connectivity index (χ2n) is 6.20. The summed E-state index contributed by atoms with van der Waals surface area (Å²) in [6, 6.07) is 11.9. The van der Waals surface area contributed by atoms with Crippen LogP contribution in [-0.4, -0.2) is 35.4 Å². The molecule has 10 heteroatoms. The van der Waals surface area contributed by atoms with Crippen LogP contribution >= 0.6 is 22.9 Å². The maximum atomic E-state index is 13.1. The topological polar surface area (TPSA) is 92.3 Å². The predicted molar refractivity (Wildman–Crippen MR) is 107 cm³/mol. The first-order chi connectivity index (χ1) is 13.4. The van der Waals surface area contributed by atoms with Crippen LogP contribution in [0.2, 0.25) is 5.02 Å². The SMILES string of the molecule is O=C(Nc1nncs1)c1cc(S(=O)(=O)N2CCc3ccccc3C2)ccc1Cl. The van der Waals surface area contributed by atoms with Crippen molar-refractivity contribution < 1.29 is 13.2 Å². The molecule has 3 aromatic rings. The summed E-state index contributed by atoms with van der Waals surface area (Å²) < 4.78 is 27.7. The van der Waals surface area contributed by atoms with E-state index in [1.165, 1.54) is 28.0 Å². The first-order valence-electron chi connectivity index (χ1n) is 8.39. The fourth-order valence-corrected chi connectivity index (χ4v) is 5.14. The maximum Gasteiger partial charge on any atom is 0.259 e. The smallest absolute Gasteiger partial charge is 0.259 e. The number of amides is 1. The first kappa shape index (κ1) is 19.0. The van der Waals surface area contributed by atoms with Gasteiger partial charge in [0.15, 0.2) is 0 Å². The Morgan fingerprint density at radius 2 is 1.96 bits per heavy atom. The van der Waals surface area contributed by atoms with Gasteiger partial charge in [0, 0.05) is 13.1 Å². The van der Waals surface area contributed by atoms with E-state index in [-0.39, 0.29) is 15.5 Å². The van der Waals surface area contributed by atoms with Crippen molar-refractivity contribution in [2.24, 2.45) is 0 Å². The molecule has 28 heavy (non-hydrogen) atoms. The summed E-state index contributed by atoms with van der Waals surface area (Å²) in [5.74, 6) is -0.539. The quantitative estimate of drug-likeness (QED) is 0.680. The van der Waals surface area contributed by atoms with Gasteiger partial charge in [0.25, 0.3) is 5.91 Å². The van der Waals surface area contributed by atoms with E-state index >= 15 is 0 Å². The van der Waals surface area contributed by atoms with Crippen LogP contribution in [0.5, 0.6) is 0 Å². The second kappa shape index (κ2) is 7.59. The molecule has 1 N–H and O–H groups in total.